The van der Waals surface area contributed by atoms with E-state index in [1.807, 2.05) is 0 Å². The minimum atomic E-state index is -0.776. The summed E-state index contributed by atoms with van der Waals surface area (Å²) in [5.74, 6) is 0.444. The van der Waals surface area contributed by atoms with Crippen LogP contribution in [0.25, 0.3) is 0 Å². The minimum absolute atomic E-state index is 0.302. The molecule has 0 bridgehead atoms. The molecule has 2 rings (SSSR count). The molecule has 0 N–H and O–H groups in total. The van der Waals surface area contributed by atoms with Gasteiger partial charge in [-0.2, -0.15) is 0 Å². The van der Waals surface area contributed by atoms with Gasteiger partial charge >= 0.3 is 12.2 Å². The molecule has 1 aliphatic heterocycles. The van der Waals surface area contributed by atoms with Crippen LogP contribution in [0, 0.1) is 0 Å². The third-order valence-electron chi connectivity index (χ3n) is 3.56. The first-order valence-electron chi connectivity index (χ1n) is 8.66. The Bertz CT molecular complexity index is 711. The molecular weight excluding hydrogens is 438 g/mol. The molecule has 1 atom stereocenters. The third-order valence-corrected chi connectivity index (χ3v) is 4.55. The summed E-state index contributed by atoms with van der Waals surface area (Å²) in [6, 6.07) is 2.81. The standard InChI is InChI=1S/C19H25BrClNO5/c1-18(2,3)26-16(23)22(17(24)27-19(4,5)6)13-9-10-25-15-12(21)8-7-11(20)14(13)15/h7-8,13H,9-10H2,1-6H3. The van der Waals surface area contributed by atoms with E-state index in [-0.39, 0.29) is 0 Å². The first kappa shape index (κ1) is 21.8. The number of fused-ring (bicyclic) bond motifs is 1. The van der Waals surface area contributed by atoms with E-state index in [0.29, 0.717) is 33.8 Å². The second-order valence-corrected chi connectivity index (χ2v) is 9.52. The van der Waals surface area contributed by atoms with Crippen molar-refractivity contribution < 1.29 is 23.8 Å². The van der Waals surface area contributed by atoms with Crippen molar-refractivity contribution in [3.8, 4) is 5.75 Å². The Kier molecular flexibility index (Phi) is 6.37. The largest absolute Gasteiger partial charge is 0.492 e. The second kappa shape index (κ2) is 7.87. The van der Waals surface area contributed by atoms with Gasteiger partial charge in [0.1, 0.15) is 17.0 Å². The van der Waals surface area contributed by atoms with E-state index in [4.69, 9.17) is 25.8 Å². The average molecular weight is 463 g/mol. The van der Waals surface area contributed by atoms with Gasteiger partial charge in [0.05, 0.1) is 17.7 Å². The van der Waals surface area contributed by atoms with Crippen LogP contribution in [0.4, 0.5) is 9.59 Å². The van der Waals surface area contributed by atoms with E-state index in [2.05, 4.69) is 15.9 Å². The predicted octanol–water partition coefficient (Wildman–Crippen LogP) is 6.10. The zero-order valence-corrected chi connectivity index (χ0v) is 18.7. The highest BCUT2D eigenvalue weighted by atomic mass is 79.9. The summed E-state index contributed by atoms with van der Waals surface area (Å²) in [5.41, 5.74) is -0.918. The van der Waals surface area contributed by atoms with E-state index >= 15 is 0 Å². The van der Waals surface area contributed by atoms with Gasteiger partial charge in [0.25, 0.3) is 0 Å². The van der Waals surface area contributed by atoms with Gasteiger partial charge in [0.15, 0.2) is 0 Å². The van der Waals surface area contributed by atoms with Crippen LogP contribution in [-0.2, 0) is 9.47 Å². The molecule has 1 aliphatic rings. The van der Waals surface area contributed by atoms with Crippen molar-refractivity contribution in [3.63, 3.8) is 0 Å². The molecule has 1 unspecified atom stereocenters. The van der Waals surface area contributed by atoms with Gasteiger partial charge in [-0.05, 0) is 53.7 Å². The second-order valence-electron chi connectivity index (χ2n) is 8.26. The fourth-order valence-electron chi connectivity index (χ4n) is 2.63. The zero-order valence-electron chi connectivity index (χ0n) is 16.4. The number of hydrogen-bond acceptors (Lipinski definition) is 5. The number of imide groups is 1. The first-order chi connectivity index (χ1) is 12.3. The molecule has 27 heavy (non-hydrogen) atoms. The van der Waals surface area contributed by atoms with Crippen LogP contribution in [0.5, 0.6) is 5.75 Å². The van der Waals surface area contributed by atoms with Crippen LogP contribution in [0.3, 0.4) is 0 Å². The van der Waals surface area contributed by atoms with Crippen molar-refractivity contribution in [2.75, 3.05) is 6.61 Å². The van der Waals surface area contributed by atoms with Gasteiger partial charge in [-0.25, -0.2) is 14.5 Å². The maximum Gasteiger partial charge on any atom is 0.420 e. The Hall–Kier alpha value is -1.47. The summed E-state index contributed by atoms with van der Waals surface area (Å²) in [4.78, 5) is 26.8. The van der Waals surface area contributed by atoms with E-state index < -0.39 is 29.4 Å². The normalized spacial score (nSPS) is 16.8. The van der Waals surface area contributed by atoms with Gasteiger partial charge in [-0.3, -0.25) is 0 Å². The number of nitrogens with zero attached hydrogens (tertiary/aromatic N) is 1. The molecule has 0 saturated carbocycles. The van der Waals surface area contributed by atoms with Gasteiger partial charge in [-0.15, -0.1) is 0 Å². The number of amides is 2. The molecule has 0 aromatic heterocycles. The van der Waals surface area contributed by atoms with Gasteiger partial charge in [0.2, 0.25) is 0 Å². The lowest BCUT2D eigenvalue weighted by molar-refractivity contribution is -0.0112. The number of carbonyl (C=O) groups is 2. The molecule has 2 amide bonds. The molecule has 1 heterocycles. The maximum absolute atomic E-state index is 12.9. The molecule has 0 saturated heterocycles. The number of ether oxygens (including phenoxy) is 3. The molecule has 150 valence electrons. The van der Waals surface area contributed by atoms with Crippen molar-refractivity contribution in [3.05, 3.63) is 27.2 Å². The molecule has 1 aromatic carbocycles. The first-order valence-corrected chi connectivity index (χ1v) is 9.83. The molecule has 0 aliphatic carbocycles. The molecule has 6 nitrogen and oxygen atoms in total. The molecule has 0 fully saturated rings. The lowest BCUT2D eigenvalue weighted by atomic mass is 9.99. The monoisotopic (exact) mass is 461 g/mol. The number of hydrogen-bond donors (Lipinski definition) is 0. The lowest BCUT2D eigenvalue weighted by Crippen LogP contribution is -2.46. The molecule has 8 heteroatoms. The van der Waals surface area contributed by atoms with Crippen LogP contribution < -0.4 is 4.74 Å². The summed E-state index contributed by atoms with van der Waals surface area (Å²) in [6.07, 6.45) is -1.16. The third kappa shape index (κ3) is 5.51. The van der Waals surface area contributed by atoms with Crippen molar-refractivity contribution >= 4 is 39.7 Å². The zero-order chi connectivity index (χ0) is 20.6. The Morgan fingerprint density at radius 3 is 2.11 bits per heavy atom. The van der Waals surface area contributed by atoms with Crippen molar-refractivity contribution in [2.24, 2.45) is 0 Å². The van der Waals surface area contributed by atoms with Crippen LogP contribution in [0.15, 0.2) is 16.6 Å². The number of halogens is 2. The van der Waals surface area contributed by atoms with E-state index in [1.165, 1.54) is 0 Å². The predicted molar refractivity (Wildman–Crippen MR) is 106 cm³/mol. The minimum Gasteiger partial charge on any atom is -0.492 e. The van der Waals surface area contributed by atoms with Gasteiger partial charge < -0.3 is 14.2 Å². The molecule has 0 spiro atoms. The summed E-state index contributed by atoms with van der Waals surface area (Å²) in [5, 5.41) is 0.409. The number of rotatable bonds is 1. The van der Waals surface area contributed by atoms with Gasteiger partial charge in [-0.1, -0.05) is 27.5 Å². The highest BCUT2D eigenvalue weighted by molar-refractivity contribution is 9.10. The smallest absolute Gasteiger partial charge is 0.420 e. The van der Waals surface area contributed by atoms with Crippen molar-refractivity contribution in [2.45, 2.75) is 65.2 Å². The van der Waals surface area contributed by atoms with Crippen LogP contribution in [-0.4, -0.2) is 34.9 Å². The van der Waals surface area contributed by atoms with Crippen molar-refractivity contribution in [1.82, 2.24) is 4.90 Å². The van der Waals surface area contributed by atoms with E-state index in [1.54, 1.807) is 53.7 Å². The van der Waals surface area contributed by atoms with Crippen molar-refractivity contribution in [1.29, 1.82) is 0 Å². The van der Waals surface area contributed by atoms with Crippen LogP contribution in [0.2, 0.25) is 5.02 Å². The highest BCUT2D eigenvalue weighted by Crippen LogP contribution is 2.45. The Morgan fingerprint density at radius 2 is 1.63 bits per heavy atom. The maximum atomic E-state index is 12.9. The van der Waals surface area contributed by atoms with E-state index in [0.717, 1.165) is 4.90 Å². The summed E-state index contributed by atoms with van der Waals surface area (Å²) >= 11 is 9.74. The lowest BCUT2D eigenvalue weighted by Gasteiger charge is -2.36. The average Bonchev–Trinajstić information content (AvgIpc) is 2.47. The van der Waals surface area contributed by atoms with Gasteiger partial charge in [0, 0.05) is 16.5 Å². The molecule has 0 radical (unpaired) electrons. The Labute approximate surface area is 173 Å². The molecule has 1 aromatic rings. The fraction of sp³-hybridized carbons (Fsp3) is 0.579. The fourth-order valence-corrected chi connectivity index (χ4v) is 3.43. The number of benzene rings is 1. The topological polar surface area (TPSA) is 65.1 Å². The summed E-state index contributed by atoms with van der Waals surface area (Å²) in [7, 11) is 0. The van der Waals surface area contributed by atoms with E-state index in [9.17, 15) is 9.59 Å². The molecular formula is C19H25BrClNO5. The SMILES string of the molecule is CC(C)(C)OC(=O)N(C(=O)OC(C)(C)C)C1CCOc2c(Cl)ccc(Br)c21. The summed E-state index contributed by atoms with van der Waals surface area (Å²) < 4.78 is 17.3. The quantitative estimate of drug-likeness (QED) is 0.504. The Morgan fingerprint density at radius 1 is 1.11 bits per heavy atom. The highest BCUT2D eigenvalue weighted by Gasteiger charge is 2.41. The van der Waals surface area contributed by atoms with Crippen LogP contribution >= 0.6 is 27.5 Å². The summed E-state index contributed by atoms with van der Waals surface area (Å²) in [6.45, 7) is 10.7. The van der Waals surface area contributed by atoms with Crippen LogP contribution in [0.1, 0.15) is 59.6 Å². The number of carbonyl (C=O) groups excluding carboxylic acids is 2. The Balaban J connectivity index is 2.51.